The van der Waals surface area contributed by atoms with Gasteiger partial charge in [0.25, 0.3) is 0 Å². The molecule has 0 aliphatic rings. The predicted molar refractivity (Wildman–Crippen MR) is 73.4 cm³/mol. The van der Waals surface area contributed by atoms with Crippen LogP contribution in [-0.2, 0) is 0 Å². The van der Waals surface area contributed by atoms with Crippen molar-refractivity contribution in [1.82, 2.24) is 24.9 Å². The van der Waals surface area contributed by atoms with Crippen LogP contribution in [0.4, 0.5) is 5.95 Å². The lowest BCUT2D eigenvalue weighted by atomic mass is 10.1. The van der Waals surface area contributed by atoms with E-state index in [1.165, 1.54) is 0 Å². The molecule has 4 heterocycles. The van der Waals surface area contributed by atoms with Crippen molar-refractivity contribution in [2.45, 2.75) is 0 Å². The highest BCUT2D eigenvalue weighted by Gasteiger charge is 2.12. The second-order valence-corrected chi connectivity index (χ2v) is 4.27. The van der Waals surface area contributed by atoms with Crippen LogP contribution in [0, 0.1) is 0 Å². The summed E-state index contributed by atoms with van der Waals surface area (Å²) in [4.78, 5) is 19.0. The molecule has 6 heteroatoms. The molecule has 0 aromatic carbocycles. The van der Waals surface area contributed by atoms with Crippen molar-refractivity contribution >= 4 is 28.0 Å². The van der Waals surface area contributed by atoms with Crippen molar-refractivity contribution in [2.24, 2.45) is 0 Å². The van der Waals surface area contributed by atoms with E-state index in [4.69, 9.17) is 5.73 Å². The van der Waals surface area contributed by atoms with Crippen LogP contribution in [0.5, 0.6) is 0 Å². The summed E-state index contributed by atoms with van der Waals surface area (Å²) in [7, 11) is 0. The molecule has 0 unspecified atom stereocenters. The van der Waals surface area contributed by atoms with E-state index < -0.39 is 0 Å². The second kappa shape index (κ2) is 3.55. The van der Waals surface area contributed by atoms with Crippen LogP contribution in [0.15, 0.2) is 36.8 Å². The van der Waals surface area contributed by atoms with Gasteiger partial charge in [0.1, 0.15) is 11.3 Å². The molecule has 4 aromatic rings. The molecule has 92 valence electrons. The monoisotopic (exact) mass is 250 g/mol. The van der Waals surface area contributed by atoms with Gasteiger partial charge in [0.15, 0.2) is 0 Å². The molecule has 19 heavy (non-hydrogen) atoms. The molecule has 6 nitrogen and oxygen atoms in total. The Morgan fingerprint density at radius 1 is 0.895 bits per heavy atom. The molecule has 0 spiro atoms. The van der Waals surface area contributed by atoms with Gasteiger partial charge >= 0.3 is 0 Å². The van der Waals surface area contributed by atoms with E-state index in [9.17, 15) is 0 Å². The van der Waals surface area contributed by atoms with Crippen molar-refractivity contribution in [3.63, 3.8) is 0 Å². The maximum absolute atomic E-state index is 5.77. The fraction of sp³-hybridized carbons (Fsp3) is 0. The van der Waals surface area contributed by atoms with E-state index in [1.54, 1.807) is 6.20 Å². The highest BCUT2D eigenvalue weighted by atomic mass is 15.0. The van der Waals surface area contributed by atoms with Gasteiger partial charge in [-0.3, -0.25) is 0 Å². The largest absolute Gasteiger partial charge is 0.368 e. The predicted octanol–water partition coefficient (Wildman–Crippen LogP) is 2.08. The number of hydrogen-bond acceptors (Lipinski definition) is 4. The topological polar surface area (TPSA) is 96.3 Å². The molecule has 0 bridgehead atoms. The van der Waals surface area contributed by atoms with Crippen molar-refractivity contribution in [3.05, 3.63) is 36.8 Å². The number of anilines is 1. The molecule has 0 saturated carbocycles. The molecular formula is C13H10N6. The van der Waals surface area contributed by atoms with Crippen molar-refractivity contribution in [1.29, 1.82) is 0 Å². The smallest absolute Gasteiger partial charge is 0.222 e. The minimum Gasteiger partial charge on any atom is -0.368 e. The molecule has 4 aromatic heterocycles. The molecule has 0 fully saturated rings. The number of aromatic nitrogens is 5. The standard InChI is InChI=1S/C13H10N6/c14-13-18-10(9-3-6-17-12(9)19-13)7-1-4-15-11-8(7)2-5-16-11/h1-6H,(H,15,16)(H3,14,17,18,19). The third-order valence-corrected chi connectivity index (χ3v) is 3.15. The maximum Gasteiger partial charge on any atom is 0.222 e. The minimum absolute atomic E-state index is 0.255. The third kappa shape index (κ3) is 1.40. The van der Waals surface area contributed by atoms with Gasteiger partial charge in [-0.15, -0.1) is 0 Å². The number of nitrogens with zero attached hydrogens (tertiary/aromatic N) is 3. The van der Waals surface area contributed by atoms with Crippen molar-refractivity contribution in [2.75, 3.05) is 5.73 Å². The number of H-pyrrole nitrogens is 2. The number of hydrogen-bond donors (Lipinski definition) is 3. The fourth-order valence-electron chi connectivity index (χ4n) is 2.33. The summed E-state index contributed by atoms with van der Waals surface area (Å²) in [5, 5.41) is 1.96. The van der Waals surface area contributed by atoms with Gasteiger partial charge < -0.3 is 15.7 Å². The zero-order chi connectivity index (χ0) is 12.8. The lowest BCUT2D eigenvalue weighted by molar-refractivity contribution is 1.22. The Morgan fingerprint density at radius 3 is 2.58 bits per heavy atom. The van der Waals surface area contributed by atoms with Gasteiger partial charge in [-0.2, -0.15) is 4.98 Å². The maximum atomic E-state index is 5.77. The van der Waals surface area contributed by atoms with E-state index >= 15 is 0 Å². The first-order chi connectivity index (χ1) is 9.33. The Hall–Kier alpha value is -2.89. The summed E-state index contributed by atoms with van der Waals surface area (Å²) in [6.45, 7) is 0. The lowest BCUT2D eigenvalue weighted by Gasteiger charge is -2.05. The highest BCUT2D eigenvalue weighted by molar-refractivity contribution is 6.00. The van der Waals surface area contributed by atoms with Gasteiger partial charge in [-0.05, 0) is 18.2 Å². The molecule has 0 atom stereocenters. The van der Waals surface area contributed by atoms with Crippen LogP contribution in [0.25, 0.3) is 33.3 Å². The lowest BCUT2D eigenvalue weighted by Crippen LogP contribution is -1.97. The van der Waals surface area contributed by atoms with Crippen LogP contribution < -0.4 is 5.73 Å². The first-order valence-corrected chi connectivity index (χ1v) is 5.86. The van der Waals surface area contributed by atoms with Crippen LogP contribution >= 0.6 is 0 Å². The average Bonchev–Trinajstić information content (AvgIpc) is 3.04. The summed E-state index contributed by atoms with van der Waals surface area (Å²) in [6.07, 6.45) is 5.45. The fourth-order valence-corrected chi connectivity index (χ4v) is 2.33. The first-order valence-electron chi connectivity index (χ1n) is 5.86. The Labute approximate surface area is 107 Å². The summed E-state index contributed by atoms with van der Waals surface area (Å²) >= 11 is 0. The number of pyridine rings is 1. The van der Waals surface area contributed by atoms with Gasteiger partial charge in [0, 0.05) is 34.9 Å². The Morgan fingerprint density at radius 2 is 1.68 bits per heavy atom. The van der Waals surface area contributed by atoms with E-state index in [-0.39, 0.29) is 5.95 Å². The Balaban J connectivity index is 2.14. The first kappa shape index (κ1) is 10.1. The number of nitrogens with one attached hydrogen (secondary N) is 2. The zero-order valence-electron chi connectivity index (χ0n) is 9.88. The van der Waals surface area contributed by atoms with Gasteiger partial charge in [-0.25, -0.2) is 9.97 Å². The summed E-state index contributed by atoms with van der Waals surface area (Å²) in [6, 6.07) is 5.86. The number of aromatic amines is 2. The highest BCUT2D eigenvalue weighted by Crippen LogP contribution is 2.30. The molecule has 0 aliphatic heterocycles. The molecule has 0 saturated heterocycles. The van der Waals surface area contributed by atoms with E-state index in [1.807, 2.05) is 30.6 Å². The normalized spacial score (nSPS) is 11.4. The number of nitrogens with two attached hydrogens (primary N) is 1. The SMILES string of the molecule is Nc1nc(-c2ccnc3[nH]ccc23)c2cc[nH]c2n1. The minimum atomic E-state index is 0.255. The Bertz CT molecular complexity index is 888. The molecule has 0 amide bonds. The Kier molecular flexibility index (Phi) is 1.88. The van der Waals surface area contributed by atoms with Crippen LogP contribution in [0.3, 0.4) is 0 Å². The van der Waals surface area contributed by atoms with Crippen LogP contribution in [0.2, 0.25) is 0 Å². The van der Waals surface area contributed by atoms with Gasteiger partial charge in [0.05, 0.1) is 5.69 Å². The van der Waals surface area contributed by atoms with Gasteiger partial charge in [0.2, 0.25) is 5.95 Å². The third-order valence-electron chi connectivity index (χ3n) is 3.15. The quantitative estimate of drug-likeness (QED) is 0.482. The second-order valence-electron chi connectivity index (χ2n) is 4.27. The van der Waals surface area contributed by atoms with Crippen molar-refractivity contribution in [3.8, 4) is 11.3 Å². The number of rotatable bonds is 1. The molecule has 0 radical (unpaired) electrons. The molecule has 0 aliphatic carbocycles. The van der Waals surface area contributed by atoms with Crippen LogP contribution in [-0.4, -0.2) is 24.9 Å². The zero-order valence-corrected chi connectivity index (χ0v) is 9.88. The number of nitrogen functional groups attached to an aromatic ring is 1. The number of fused-ring (bicyclic) bond motifs is 2. The average molecular weight is 250 g/mol. The van der Waals surface area contributed by atoms with Gasteiger partial charge in [-0.1, -0.05) is 0 Å². The van der Waals surface area contributed by atoms with E-state index in [0.29, 0.717) is 0 Å². The molecular weight excluding hydrogens is 240 g/mol. The molecule has 4 N–H and O–H groups in total. The van der Waals surface area contributed by atoms with Crippen LogP contribution in [0.1, 0.15) is 0 Å². The summed E-state index contributed by atoms with van der Waals surface area (Å²) in [5.74, 6) is 0.255. The molecule has 4 rings (SSSR count). The van der Waals surface area contributed by atoms with E-state index in [2.05, 4.69) is 24.9 Å². The summed E-state index contributed by atoms with van der Waals surface area (Å²) < 4.78 is 0. The van der Waals surface area contributed by atoms with Crippen molar-refractivity contribution < 1.29 is 0 Å². The van der Waals surface area contributed by atoms with E-state index in [0.717, 1.165) is 33.3 Å². The summed E-state index contributed by atoms with van der Waals surface area (Å²) in [5.41, 5.74) is 9.15.